The van der Waals surface area contributed by atoms with Crippen molar-refractivity contribution in [2.75, 3.05) is 39.2 Å². The van der Waals surface area contributed by atoms with Crippen molar-refractivity contribution in [2.45, 2.75) is 0 Å². The van der Waals surface area contributed by atoms with Gasteiger partial charge in [0.1, 0.15) is 0 Å². The number of methoxy groups -OCH3 is 2. The highest BCUT2D eigenvalue weighted by molar-refractivity contribution is 5.92. The van der Waals surface area contributed by atoms with Crippen molar-refractivity contribution in [1.82, 2.24) is 5.32 Å². The summed E-state index contributed by atoms with van der Waals surface area (Å²) in [7, 11) is 2.96. The lowest BCUT2D eigenvalue weighted by atomic mass is 10.3. The van der Waals surface area contributed by atoms with Crippen molar-refractivity contribution >= 4 is 11.6 Å². The Labute approximate surface area is 105 Å². The van der Waals surface area contributed by atoms with Gasteiger partial charge in [0.05, 0.1) is 20.3 Å². The van der Waals surface area contributed by atoms with Crippen LogP contribution in [0.5, 0.6) is 5.75 Å². The average molecular weight is 256 g/mol. The lowest BCUT2D eigenvalue weighted by molar-refractivity contribution is -0.115. The van der Waals surface area contributed by atoms with Crippen molar-refractivity contribution in [2.24, 2.45) is 0 Å². The number of carbonyl (C=O) groups is 1. The zero-order valence-electron chi connectivity index (χ0n) is 10.5. The molecule has 0 spiro atoms. The van der Waals surface area contributed by atoms with E-state index in [9.17, 15) is 9.18 Å². The molecule has 0 radical (unpaired) electrons. The molecule has 1 aromatic carbocycles. The summed E-state index contributed by atoms with van der Waals surface area (Å²) in [6, 6.07) is 4.15. The molecular formula is C12H17FN2O3. The van der Waals surface area contributed by atoms with Gasteiger partial charge in [0.25, 0.3) is 0 Å². The molecule has 0 atom stereocenters. The first kappa shape index (κ1) is 14.4. The van der Waals surface area contributed by atoms with E-state index < -0.39 is 5.82 Å². The summed E-state index contributed by atoms with van der Waals surface area (Å²) >= 11 is 0. The Hall–Kier alpha value is -1.66. The number of anilines is 1. The number of halogens is 1. The minimum Gasteiger partial charge on any atom is -0.494 e. The molecule has 0 bridgehead atoms. The molecule has 6 heteroatoms. The molecule has 0 saturated carbocycles. The van der Waals surface area contributed by atoms with Crippen LogP contribution in [-0.4, -0.2) is 39.8 Å². The zero-order chi connectivity index (χ0) is 13.4. The Balaban J connectivity index is 2.44. The third-order valence-electron chi connectivity index (χ3n) is 2.20. The highest BCUT2D eigenvalue weighted by Crippen LogP contribution is 2.21. The lowest BCUT2D eigenvalue weighted by Gasteiger charge is -2.08. The van der Waals surface area contributed by atoms with Crippen LogP contribution in [0.4, 0.5) is 10.1 Å². The standard InChI is InChI=1S/C12H17FN2O3/c1-17-6-5-14-8-12(16)15-9-3-4-10(13)11(7-9)18-2/h3-4,7,14H,5-6,8H2,1-2H3,(H,15,16). The van der Waals surface area contributed by atoms with Crippen molar-refractivity contribution in [3.8, 4) is 5.75 Å². The van der Waals surface area contributed by atoms with Gasteiger partial charge in [0.15, 0.2) is 11.6 Å². The highest BCUT2D eigenvalue weighted by Gasteiger charge is 2.06. The second-order valence-corrected chi connectivity index (χ2v) is 3.57. The molecule has 18 heavy (non-hydrogen) atoms. The van der Waals surface area contributed by atoms with Gasteiger partial charge >= 0.3 is 0 Å². The molecule has 100 valence electrons. The number of amides is 1. The van der Waals surface area contributed by atoms with E-state index in [4.69, 9.17) is 9.47 Å². The maximum absolute atomic E-state index is 13.1. The lowest BCUT2D eigenvalue weighted by Crippen LogP contribution is -2.30. The van der Waals surface area contributed by atoms with Crippen molar-refractivity contribution < 1.29 is 18.7 Å². The predicted molar refractivity (Wildman–Crippen MR) is 66.3 cm³/mol. The van der Waals surface area contributed by atoms with Gasteiger partial charge in [0.2, 0.25) is 5.91 Å². The largest absolute Gasteiger partial charge is 0.494 e. The van der Waals surface area contributed by atoms with Gasteiger partial charge in [-0.15, -0.1) is 0 Å². The van der Waals surface area contributed by atoms with Crippen LogP contribution >= 0.6 is 0 Å². The van der Waals surface area contributed by atoms with E-state index in [1.807, 2.05) is 0 Å². The van der Waals surface area contributed by atoms with Crippen LogP contribution in [0.2, 0.25) is 0 Å². The summed E-state index contributed by atoms with van der Waals surface area (Å²) in [6.45, 7) is 1.30. The molecule has 2 N–H and O–H groups in total. The van der Waals surface area contributed by atoms with Crippen LogP contribution in [0, 0.1) is 5.82 Å². The van der Waals surface area contributed by atoms with Crippen LogP contribution in [0.25, 0.3) is 0 Å². The molecule has 0 aromatic heterocycles. The predicted octanol–water partition coefficient (Wildman–Crippen LogP) is 1.01. The first-order valence-electron chi connectivity index (χ1n) is 5.50. The number of carbonyl (C=O) groups excluding carboxylic acids is 1. The van der Waals surface area contributed by atoms with Crippen LogP contribution in [-0.2, 0) is 9.53 Å². The number of hydrogen-bond acceptors (Lipinski definition) is 4. The van der Waals surface area contributed by atoms with E-state index in [2.05, 4.69) is 10.6 Å². The Morgan fingerprint density at radius 2 is 2.17 bits per heavy atom. The normalized spacial score (nSPS) is 10.2. The second kappa shape index (κ2) is 7.62. The monoisotopic (exact) mass is 256 g/mol. The van der Waals surface area contributed by atoms with Crippen molar-refractivity contribution in [1.29, 1.82) is 0 Å². The number of rotatable bonds is 7. The fraction of sp³-hybridized carbons (Fsp3) is 0.417. The molecule has 1 amide bonds. The Bertz CT molecular complexity index is 399. The fourth-order valence-electron chi connectivity index (χ4n) is 1.32. The smallest absolute Gasteiger partial charge is 0.238 e. The first-order valence-corrected chi connectivity index (χ1v) is 5.50. The minimum absolute atomic E-state index is 0.0974. The molecule has 0 unspecified atom stereocenters. The van der Waals surface area contributed by atoms with Crippen molar-refractivity contribution in [3.63, 3.8) is 0 Å². The molecule has 0 saturated heterocycles. The third-order valence-corrected chi connectivity index (χ3v) is 2.20. The second-order valence-electron chi connectivity index (χ2n) is 3.57. The molecule has 1 rings (SSSR count). The zero-order valence-corrected chi connectivity index (χ0v) is 10.5. The Morgan fingerprint density at radius 1 is 1.39 bits per heavy atom. The van der Waals surface area contributed by atoms with Crippen LogP contribution in [0.1, 0.15) is 0 Å². The van der Waals surface area contributed by atoms with E-state index in [1.165, 1.54) is 25.3 Å². The summed E-state index contributed by atoms with van der Waals surface area (Å²) in [5, 5.41) is 5.54. The summed E-state index contributed by atoms with van der Waals surface area (Å²) in [5.74, 6) is -0.575. The Kier molecular flexibility index (Phi) is 6.10. The maximum atomic E-state index is 13.1. The van der Waals surface area contributed by atoms with Gasteiger partial charge in [-0.1, -0.05) is 0 Å². The van der Waals surface area contributed by atoms with E-state index in [1.54, 1.807) is 7.11 Å². The van der Waals surface area contributed by atoms with Gasteiger partial charge < -0.3 is 20.1 Å². The van der Waals surface area contributed by atoms with Gasteiger partial charge in [-0.3, -0.25) is 4.79 Å². The molecule has 0 heterocycles. The minimum atomic E-state index is -0.464. The summed E-state index contributed by atoms with van der Waals surface area (Å²) in [6.07, 6.45) is 0. The first-order chi connectivity index (χ1) is 8.67. The summed E-state index contributed by atoms with van der Waals surface area (Å²) < 4.78 is 22.8. The topological polar surface area (TPSA) is 59.6 Å². The van der Waals surface area contributed by atoms with E-state index >= 15 is 0 Å². The number of benzene rings is 1. The number of hydrogen-bond donors (Lipinski definition) is 2. The average Bonchev–Trinajstić information content (AvgIpc) is 2.37. The van der Waals surface area contributed by atoms with Crippen LogP contribution in [0.3, 0.4) is 0 Å². The molecular weight excluding hydrogens is 239 g/mol. The maximum Gasteiger partial charge on any atom is 0.238 e. The summed E-state index contributed by atoms with van der Waals surface area (Å²) in [5.41, 5.74) is 0.492. The number of ether oxygens (including phenoxy) is 2. The molecule has 0 aliphatic carbocycles. The molecule has 5 nitrogen and oxygen atoms in total. The van der Waals surface area contributed by atoms with E-state index in [0.29, 0.717) is 18.8 Å². The van der Waals surface area contributed by atoms with Gasteiger partial charge in [0, 0.05) is 25.4 Å². The fourth-order valence-corrected chi connectivity index (χ4v) is 1.32. The Morgan fingerprint density at radius 3 is 2.83 bits per heavy atom. The third kappa shape index (κ3) is 4.68. The summed E-state index contributed by atoms with van der Waals surface area (Å²) in [4.78, 5) is 11.5. The van der Waals surface area contributed by atoms with Gasteiger partial charge in [-0.2, -0.15) is 0 Å². The van der Waals surface area contributed by atoms with E-state index in [-0.39, 0.29) is 18.2 Å². The quantitative estimate of drug-likeness (QED) is 0.715. The van der Waals surface area contributed by atoms with Crippen LogP contribution in [0.15, 0.2) is 18.2 Å². The molecule has 0 aliphatic heterocycles. The van der Waals surface area contributed by atoms with Gasteiger partial charge in [-0.05, 0) is 12.1 Å². The van der Waals surface area contributed by atoms with E-state index in [0.717, 1.165) is 0 Å². The van der Waals surface area contributed by atoms with Crippen molar-refractivity contribution in [3.05, 3.63) is 24.0 Å². The molecule has 0 fully saturated rings. The SMILES string of the molecule is COCCNCC(=O)Nc1ccc(F)c(OC)c1. The molecule has 1 aromatic rings. The number of nitrogens with one attached hydrogen (secondary N) is 2. The highest BCUT2D eigenvalue weighted by atomic mass is 19.1. The molecule has 0 aliphatic rings. The van der Waals surface area contributed by atoms with Crippen LogP contribution < -0.4 is 15.4 Å². The van der Waals surface area contributed by atoms with Gasteiger partial charge in [-0.25, -0.2) is 4.39 Å².